The molecule has 0 aromatic carbocycles. The number of esters is 1. The summed E-state index contributed by atoms with van der Waals surface area (Å²) in [5.74, 6) is -0.471. The standard InChI is InChI=1S/C46H91O12P/c1-3-5-7-9-11-13-14-15-16-17-18-19-20-21-22-23-24-25-26-27-29-31-33-35-40(47)57-39(37-55-36-34-32-30-28-12-10-8-6-4-2)38-56-59(53,54)58-46-44(51)42(49)41(48)43(50)45(46)52/h39,41-46,48-52H,3-38H2,1-2H3,(H,53,54). The number of rotatable bonds is 42. The van der Waals surface area contributed by atoms with E-state index in [0.717, 1.165) is 38.5 Å². The number of hydrogen-bond acceptors (Lipinski definition) is 11. The fourth-order valence-corrected chi connectivity index (χ4v) is 8.80. The van der Waals surface area contributed by atoms with Gasteiger partial charge in [-0.3, -0.25) is 13.8 Å². The second kappa shape index (κ2) is 37.9. The van der Waals surface area contributed by atoms with Crippen molar-refractivity contribution in [1.82, 2.24) is 0 Å². The highest BCUT2D eigenvalue weighted by Crippen LogP contribution is 2.47. The van der Waals surface area contributed by atoms with Gasteiger partial charge in [0.1, 0.15) is 42.7 Å². The summed E-state index contributed by atoms with van der Waals surface area (Å²) in [4.78, 5) is 23.1. The van der Waals surface area contributed by atoms with E-state index < -0.39 is 63.1 Å². The highest BCUT2D eigenvalue weighted by molar-refractivity contribution is 7.47. The maximum absolute atomic E-state index is 12.8. The lowest BCUT2D eigenvalue weighted by Gasteiger charge is -2.41. The van der Waals surface area contributed by atoms with Crippen molar-refractivity contribution in [3.8, 4) is 0 Å². The van der Waals surface area contributed by atoms with Gasteiger partial charge in [0.15, 0.2) is 0 Å². The summed E-state index contributed by atoms with van der Waals surface area (Å²) < 4.78 is 34.1. The van der Waals surface area contributed by atoms with E-state index in [0.29, 0.717) is 13.0 Å². The van der Waals surface area contributed by atoms with Crippen molar-refractivity contribution >= 4 is 13.8 Å². The molecule has 1 rings (SSSR count). The number of aliphatic hydroxyl groups is 5. The Morgan fingerprint density at radius 3 is 1.17 bits per heavy atom. The first kappa shape index (κ1) is 56.4. The van der Waals surface area contributed by atoms with Crippen LogP contribution in [0.1, 0.15) is 226 Å². The molecule has 1 fully saturated rings. The molecule has 0 spiro atoms. The molecule has 0 aromatic rings. The average molecular weight is 867 g/mol. The third-order valence-electron chi connectivity index (χ3n) is 11.7. The summed E-state index contributed by atoms with van der Waals surface area (Å²) >= 11 is 0. The Morgan fingerprint density at radius 2 is 0.797 bits per heavy atom. The molecule has 0 heterocycles. The van der Waals surface area contributed by atoms with Crippen molar-refractivity contribution < 1.29 is 58.3 Å². The number of aliphatic hydroxyl groups excluding tert-OH is 5. The van der Waals surface area contributed by atoms with Gasteiger partial charge < -0.3 is 39.9 Å². The molecule has 352 valence electrons. The Balaban J connectivity index is 2.25. The summed E-state index contributed by atoms with van der Waals surface area (Å²) in [6.45, 7) is 4.27. The van der Waals surface area contributed by atoms with Crippen LogP contribution >= 0.6 is 7.82 Å². The van der Waals surface area contributed by atoms with E-state index in [2.05, 4.69) is 13.8 Å². The molecule has 0 saturated heterocycles. The van der Waals surface area contributed by atoms with Gasteiger partial charge in [0, 0.05) is 13.0 Å². The number of phosphoric ester groups is 1. The van der Waals surface area contributed by atoms with Crippen LogP contribution in [-0.2, 0) is 27.9 Å². The Morgan fingerprint density at radius 1 is 0.475 bits per heavy atom. The first-order valence-corrected chi connectivity index (χ1v) is 25.9. The maximum atomic E-state index is 12.8. The zero-order chi connectivity index (χ0) is 43.4. The molecular formula is C46H91O12P. The van der Waals surface area contributed by atoms with E-state index in [4.69, 9.17) is 18.5 Å². The normalized spacial score (nSPS) is 22.4. The van der Waals surface area contributed by atoms with Crippen LogP contribution in [0.5, 0.6) is 0 Å². The van der Waals surface area contributed by atoms with Crippen LogP contribution < -0.4 is 0 Å². The van der Waals surface area contributed by atoms with E-state index >= 15 is 0 Å². The Labute approximate surface area is 359 Å². The lowest BCUT2D eigenvalue weighted by atomic mass is 9.85. The summed E-state index contributed by atoms with van der Waals surface area (Å²) in [6.07, 6.45) is 27.7. The third kappa shape index (κ3) is 30.1. The van der Waals surface area contributed by atoms with Crippen LogP contribution in [0.25, 0.3) is 0 Å². The molecule has 0 radical (unpaired) electrons. The highest BCUT2D eigenvalue weighted by Gasteiger charge is 2.51. The predicted octanol–water partition coefficient (Wildman–Crippen LogP) is 10.1. The average Bonchev–Trinajstić information content (AvgIpc) is 3.22. The molecule has 1 saturated carbocycles. The van der Waals surface area contributed by atoms with E-state index in [-0.39, 0.29) is 13.0 Å². The molecule has 6 atom stereocenters. The van der Waals surface area contributed by atoms with Crippen molar-refractivity contribution in [2.24, 2.45) is 0 Å². The van der Waals surface area contributed by atoms with Crippen molar-refractivity contribution in [1.29, 1.82) is 0 Å². The third-order valence-corrected chi connectivity index (χ3v) is 12.7. The minimum atomic E-state index is -5.01. The van der Waals surface area contributed by atoms with Gasteiger partial charge in [-0.1, -0.05) is 206 Å². The molecule has 0 aromatic heterocycles. The largest absolute Gasteiger partial charge is 0.472 e. The first-order chi connectivity index (χ1) is 28.5. The van der Waals surface area contributed by atoms with Gasteiger partial charge in [0.2, 0.25) is 0 Å². The smallest absolute Gasteiger partial charge is 0.457 e. The molecule has 0 amide bonds. The molecule has 6 unspecified atom stereocenters. The molecular weight excluding hydrogens is 775 g/mol. The number of unbranched alkanes of at least 4 members (excludes halogenated alkanes) is 30. The quantitative estimate of drug-likeness (QED) is 0.0194. The lowest BCUT2D eigenvalue weighted by molar-refractivity contribution is -0.220. The number of phosphoric acid groups is 1. The predicted molar refractivity (Wildman–Crippen MR) is 235 cm³/mol. The van der Waals surface area contributed by atoms with Crippen LogP contribution in [0.15, 0.2) is 0 Å². The zero-order valence-electron chi connectivity index (χ0n) is 37.6. The topological polar surface area (TPSA) is 192 Å². The van der Waals surface area contributed by atoms with Gasteiger partial charge in [0.25, 0.3) is 0 Å². The molecule has 0 bridgehead atoms. The fourth-order valence-electron chi connectivity index (χ4n) is 7.83. The van der Waals surface area contributed by atoms with Gasteiger partial charge in [-0.2, -0.15) is 0 Å². The summed E-state index contributed by atoms with van der Waals surface area (Å²) in [5.41, 5.74) is 0. The van der Waals surface area contributed by atoms with Crippen LogP contribution in [0, 0.1) is 0 Å². The highest BCUT2D eigenvalue weighted by atomic mass is 31.2. The maximum Gasteiger partial charge on any atom is 0.472 e. The van der Waals surface area contributed by atoms with E-state index in [9.17, 15) is 39.8 Å². The molecule has 0 aliphatic heterocycles. The second-order valence-corrected chi connectivity index (χ2v) is 18.7. The Hall–Kier alpha value is -0.660. The van der Waals surface area contributed by atoms with E-state index in [1.165, 1.54) is 161 Å². The molecule has 6 N–H and O–H groups in total. The van der Waals surface area contributed by atoms with Gasteiger partial charge in [-0.05, 0) is 12.8 Å². The minimum Gasteiger partial charge on any atom is -0.457 e. The van der Waals surface area contributed by atoms with Crippen molar-refractivity contribution in [3.05, 3.63) is 0 Å². The number of ether oxygens (including phenoxy) is 2. The van der Waals surface area contributed by atoms with E-state index in [1.54, 1.807) is 0 Å². The number of carbonyl (C=O) groups is 1. The molecule has 13 heteroatoms. The Bertz CT molecular complexity index is 989. The minimum absolute atomic E-state index is 0.0690. The summed E-state index contributed by atoms with van der Waals surface area (Å²) in [7, 11) is -5.01. The Kier molecular flexibility index (Phi) is 36.2. The molecule has 1 aliphatic rings. The van der Waals surface area contributed by atoms with E-state index in [1.807, 2.05) is 0 Å². The van der Waals surface area contributed by atoms with Gasteiger partial charge in [0.05, 0.1) is 13.2 Å². The summed E-state index contributed by atoms with van der Waals surface area (Å²) in [5, 5.41) is 50.1. The van der Waals surface area contributed by atoms with Crippen LogP contribution in [0.4, 0.5) is 0 Å². The van der Waals surface area contributed by atoms with Crippen LogP contribution in [0.2, 0.25) is 0 Å². The van der Waals surface area contributed by atoms with Crippen LogP contribution in [-0.4, -0.2) is 98.9 Å². The van der Waals surface area contributed by atoms with Gasteiger partial charge in [-0.15, -0.1) is 0 Å². The molecule has 12 nitrogen and oxygen atoms in total. The zero-order valence-corrected chi connectivity index (χ0v) is 38.5. The van der Waals surface area contributed by atoms with Crippen molar-refractivity contribution in [3.63, 3.8) is 0 Å². The fraction of sp³-hybridized carbons (Fsp3) is 0.978. The number of carbonyl (C=O) groups excluding carboxylic acids is 1. The second-order valence-electron chi connectivity index (χ2n) is 17.3. The van der Waals surface area contributed by atoms with Gasteiger partial charge in [-0.25, -0.2) is 4.57 Å². The summed E-state index contributed by atoms with van der Waals surface area (Å²) in [6, 6.07) is 0. The molecule has 1 aliphatic carbocycles. The first-order valence-electron chi connectivity index (χ1n) is 24.4. The SMILES string of the molecule is CCCCCCCCCCCCCCCCCCCCCCCCCC(=O)OC(COCCCCCCCCCCC)COP(=O)(O)OC1C(O)C(O)C(O)C(O)C1O. The van der Waals surface area contributed by atoms with Crippen LogP contribution in [0.3, 0.4) is 0 Å². The number of hydrogen-bond donors (Lipinski definition) is 6. The van der Waals surface area contributed by atoms with Gasteiger partial charge >= 0.3 is 13.8 Å². The monoisotopic (exact) mass is 867 g/mol. The molecule has 59 heavy (non-hydrogen) atoms. The van der Waals surface area contributed by atoms with Crippen molar-refractivity contribution in [2.45, 2.75) is 268 Å². The lowest BCUT2D eigenvalue weighted by Crippen LogP contribution is -2.64. The van der Waals surface area contributed by atoms with Crippen molar-refractivity contribution in [2.75, 3.05) is 19.8 Å².